The van der Waals surface area contributed by atoms with Crippen molar-refractivity contribution < 1.29 is 13.2 Å². The van der Waals surface area contributed by atoms with Crippen LogP contribution in [0.1, 0.15) is 48.1 Å². The van der Waals surface area contributed by atoms with Crippen LogP contribution in [0.2, 0.25) is 0 Å². The molecule has 0 aliphatic carbocycles. The molecule has 0 unspecified atom stereocenters. The van der Waals surface area contributed by atoms with Gasteiger partial charge in [-0.2, -0.15) is 0 Å². The van der Waals surface area contributed by atoms with E-state index in [1.165, 1.54) is 0 Å². The van der Waals surface area contributed by atoms with Gasteiger partial charge in [-0.05, 0) is 19.3 Å². The number of hydrogen-bond donors (Lipinski definition) is 1. The van der Waals surface area contributed by atoms with Crippen LogP contribution >= 0.6 is 0 Å². The molecular formula is C14H22N4O3S. The zero-order valence-electron chi connectivity index (χ0n) is 13.1. The minimum absolute atomic E-state index is 0.0848. The number of hydrogen-bond acceptors (Lipinski definition) is 5. The Labute approximate surface area is 131 Å². The van der Waals surface area contributed by atoms with Gasteiger partial charge in [0.1, 0.15) is 5.82 Å². The number of sulfonamides is 1. The van der Waals surface area contributed by atoms with E-state index in [1.54, 1.807) is 18.0 Å². The van der Waals surface area contributed by atoms with Crippen LogP contribution in [-0.2, 0) is 10.0 Å². The fraction of sp³-hybridized carbons (Fsp3) is 0.643. The maximum Gasteiger partial charge on any atom is 0.257 e. The summed E-state index contributed by atoms with van der Waals surface area (Å²) in [4.78, 5) is 22.8. The molecule has 1 aromatic rings. The first-order chi connectivity index (χ1) is 10.2. The molecule has 1 aromatic heterocycles. The normalized spacial score (nSPS) is 19.0. The number of nitrogens with zero attached hydrogens (tertiary/aromatic N) is 3. The highest BCUT2D eigenvalue weighted by Crippen LogP contribution is 2.21. The summed E-state index contributed by atoms with van der Waals surface area (Å²) in [5.74, 6) is 0.578. The molecule has 0 radical (unpaired) electrons. The maximum atomic E-state index is 12.5. The van der Waals surface area contributed by atoms with Gasteiger partial charge in [0.05, 0.1) is 17.0 Å². The minimum atomic E-state index is -3.51. The largest absolute Gasteiger partial charge is 0.338 e. The second-order valence-corrected chi connectivity index (χ2v) is 7.78. The lowest BCUT2D eigenvalue weighted by molar-refractivity contribution is 0.0786. The quantitative estimate of drug-likeness (QED) is 0.874. The second kappa shape index (κ2) is 6.29. The number of rotatable bonds is 4. The van der Waals surface area contributed by atoms with Gasteiger partial charge in [0.15, 0.2) is 0 Å². The molecule has 8 heteroatoms. The smallest absolute Gasteiger partial charge is 0.257 e. The summed E-state index contributed by atoms with van der Waals surface area (Å²) in [5.41, 5.74) is 1.12. The van der Waals surface area contributed by atoms with E-state index in [1.807, 2.05) is 13.8 Å². The van der Waals surface area contributed by atoms with E-state index >= 15 is 0 Å². The lowest BCUT2D eigenvalue weighted by Gasteiger charge is -2.17. The number of aryl methyl sites for hydroxylation is 1. The van der Waals surface area contributed by atoms with E-state index < -0.39 is 10.0 Å². The number of amides is 1. The molecule has 122 valence electrons. The van der Waals surface area contributed by atoms with E-state index in [-0.39, 0.29) is 23.5 Å². The fourth-order valence-electron chi connectivity index (χ4n) is 2.63. The van der Waals surface area contributed by atoms with Gasteiger partial charge < -0.3 is 4.90 Å². The number of aromatic nitrogens is 2. The Kier molecular flexibility index (Phi) is 4.81. The summed E-state index contributed by atoms with van der Waals surface area (Å²) in [6.07, 6.45) is 2.21. The number of carbonyl (C=O) groups excluding carboxylic acids is 1. The predicted molar refractivity (Wildman–Crippen MR) is 82.8 cm³/mol. The van der Waals surface area contributed by atoms with Gasteiger partial charge in [0.2, 0.25) is 10.0 Å². The van der Waals surface area contributed by atoms with Crippen molar-refractivity contribution in [1.29, 1.82) is 0 Å². The van der Waals surface area contributed by atoms with Crippen LogP contribution in [0.3, 0.4) is 0 Å². The summed E-state index contributed by atoms with van der Waals surface area (Å²) in [6.45, 7) is 6.72. The summed E-state index contributed by atoms with van der Waals surface area (Å²) >= 11 is 0. The highest BCUT2D eigenvalue weighted by molar-refractivity contribution is 7.89. The summed E-state index contributed by atoms with van der Waals surface area (Å²) in [6, 6.07) is 0. The molecule has 1 fully saturated rings. The van der Waals surface area contributed by atoms with Crippen LogP contribution in [0.25, 0.3) is 0 Å². The van der Waals surface area contributed by atoms with Crippen LogP contribution < -0.4 is 5.14 Å². The van der Waals surface area contributed by atoms with Crippen molar-refractivity contribution in [3.63, 3.8) is 0 Å². The van der Waals surface area contributed by atoms with Crippen molar-refractivity contribution in [2.45, 2.75) is 33.1 Å². The number of likely N-dealkylation sites (tertiary alicyclic amines) is 1. The lowest BCUT2D eigenvalue weighted by atomic mass is 10.1. The van der Waals surface area contributed by atoms with Crippen molar-refractivity contribution >= 4 is 15.9 Å². The van der Waals surface area contributed by atoms with Gasteiger partial charge in [-0.25, -0.2) is 23.5 Å². The molecule has 1 saturated heterocycles. The van der Waals surface area contributed by atoms with E-state index in [4.69, 9.17) is 5.14 Å². The highest BCUT2D eigenvalue weighted by atomic mass is 32.2. The zero-order chi connectivity index (χ0) is 16.5. The molecule has 22 heavy (non-hydrogen) atoms. The molecule has 1 aliphatic heterocycles. The van der Waals surface area contributed by atoms with Crippen LogP contribution in [-0.4, -0.2) is 48.0 Å². The third kappa shape index (κ3) is 4.01. The third-order valence-electron chi connectivity index (χ3n) is 3.79. The Hall–Kier alpha value is -1.54. The fourth-order valence-corrected chi connectivity index (χ4v) is 3.55. The number of carbonyl (C=O) groups is 1. The van der Waals surface area contributed by atoms with Gasteiger partial charge in [-0.1, -0.05) is 13.8 Å². The van der Waals surface area contributed by atoms with E-state index in [2.05, 4.69) is 9.97 Å². The Bertz CT molecular complexity index is 673. The molecule has 2 N–H and O–H groups in total. The standard InChI is InChI=1S/C14H22N4O3S/c1-9(2)13-16-6-12(10(3)17-13)14(19)18-5-4-11(7-18)8-22(15,20)21/h6,9,11H,4-5,7-8H2,1-3H3,(H2,15,20,21)/t11-/m1/s1. The highest BCUT2D eigenvalue weighted by Gasteiger charge is 2.30. The molecule has 0 spiro atoms. The molecule has 0 aromatic carbocycles. The Morgan fingerprint density at radius 3 is 2.73 bits per heavy atom. The average Bonchev–Trinajstić information content (AvgIpc) is 2.83. The first kappa shape index (κ1) is 16.8. The van der Waals surface area contributed by atoms with Crippen LogP contribution in [0.5, 0.6) is 0 Å². The molecule has 1 aliphatic rings. The SMILES string of the molecule is Cc1nc(C(C)C)ncc1C(=O)N1CC[C@@H](CS(N)(=O)=O)C1. The van der Waals surface area contributed by atoms with E-state index in [9.17, 15) is 13.2 Å². The van der Waals surface area contributed by atoms with Crippen molar-refractivity contribution in [2.75, 3.05) is 18.8 Å². The molecule has 2 heterocycles. The lowest BCUT2D eigenvalue weighted by Crippen LogP contribution is -2.31. The first-order valence-corrected chi connectivity index (χ1v) is 9.02. The molecule has 2 rings (SSSR count). The van der Waals surface area contributed by atoms with Crippen LogP contribution in [0, 0.1) is 12.8 Å². The van der Waals surface area contributed by atoms with Crippen molar-refractivity contribution in [2.24, 2.45) is 11.1 Å². The van der Waals surface area contributed by atoms with Crippen LogP contribution in [0.4, 0.5) is 0 Å². The molecule has 0 bridgehead atoms. The van der Waals surface area contributed by atoms with Crippen molar-refractivity contribution in [3.05, 3.63) is 23.3 Å². The summed E-state index contributed by atoms with van der Waals surface area (Å²) < 4.78 is 22.3. The molecular weight excluding hydrogens is 304 g/mol. The Balaban J connectivity index is 2.10. The average molecular weight is 326 g/mol. The number of nitrogens with two attached hydrogens (primary N) is 1. The van der Waals surface area contributed by atoms with Crippen molar-refractivity contribution in [1.82, 2.24) is 14.9 Å². The first-order valence-electron chi connectivity index (χ1n) is 7.30. The summed E-state index contributed by atoms with van der Waals surface area (Å²) in [7, 11) is -3.51. The van der Waals surface area contributed by atoms with E-state index in [0.717, 1.165) is 0 Å². The van der Waals surface area contributed by atoms with Gasteiger partial charge in [0.25, 0.3) is 5.91 Å². The topological polar surface area (TPSA) is 106 Å². The van der Waals surface area contributed by atoms with Gasteiger partial charge in [0, 0.05) is 25.2 Å². The molecule has 1 atom stereocenters. The monoisotopic (exact) mass is 326 g/mol. The molecule has 0 saturated carbocycles. The second-order valence-electron chi connectivity index (χ2n) is 6.12. The van der Waals surface area contributed by atoms with Gasteiger partial charge in [-0.3, -0.25) is 4.79 Å². The number of primary sulfonamides is 1. The van der Waals surface area contributed by atoms with Gasteiger partial charge in [-0.15, -0.1) is 0 Å². The van der Waals surface area contributed by atoms with Crippen LogP contribution in [0.15, 0.2) is 6.20 Å². The third-order valence-corrected chi connectivity index (χ3v) is 4.72. The Morgan fingerprint density at radius 2 is 2.18 bits per heavy atom. The van der Waals surface area contributed by atoms with E-state index in [0.29, 0.717) is 36.6 Å². The van der Waals surface area contributed by atoms with Gasteiger partial charge >= 0.3 is 0 Å². The molecule has 7 nitrogen and oxygen atoms in total. The Morgan fingerprint density at radius 1 is 1.50 bits per heavy atom. The molecule has 1 amide bonds. The summed E-state index contributed by atoms with van der Waals surface area (Å²) in [5, 5.41) is 5.07. The maximum absolute atomic E-state index is 12.5. The zero-order valence-corrected chi connectivity index (χ0v) is 13.9. The van der Waals surface area contributed by atoms with Crippen molar-refractivity contribution in [3.8, 4) is 0 Å². The predicted octanol–water partition coefficient (Wildman–Crippen LogP) is 0.659. The minimum Gasteiger partial charge on any atom is -0.338 e.